The fourth-order valence-corrected chi connectivity index (χ4v) is 2.08. The molecule has 0 aliphatic carbocycles. The molecule has 4 heteroatoms. The summed E-state index contributed by atoms with van der Waals surface area (Å²) in [6, 6.07) is 10.2. The van der Waals surface area contributed by atoms with Crippen molar-refractivity contribution in [3.8, 4) is 0 Å². The summed E-state index contributed by atoms with van der Waals surface area (Å²) in [7, 11) is 1.71. The van der Waals surface area contributed by atoms with Crippen LogP contribution in [0, 0.1) is 6.92 Å². The van der Waals surface area contributed by atoms with E-state index in [1.807, 2.05) is 25.1 Å². The standard InChI is InChI=1S/C15H20N2O2/c1-12-9-16-14(19-12)10-17-15(2,11-18-3)13-7-5-4-6-8-13/h4-9,17H,10-11H2,1-3H3. The predicted molar refractivity (Wildman–Crippen MR) is 73.7 cm³/mol. The Balaban J connectivity index is 2.11. The van der Waals surface area contributed by atoms with Crippen LogP contribution in [0.1, 0.15) is 24.1 Å². The molecule has 0 fully saturated rings. The first-order valence-electron chi connectivity index (χ1n) is 6.35. The second kappa shape index (κ2) is 5.99. The Morgan fingerprint density at radius 3 is 2.63 bits per heavy atom. The minimum Gasteiger partial charge on any atom is -0.445 e. The van der Waals surface area contributed by atoms with Crippen molar-refractivity contribution in [2.24, 2.45) is 0 Å². The normalized spacial score (nSPS) is 14.3. The smallest absolute Gasteiger partial charge is 0.208 e. The number of hydrogen-bond donors (Lipinski definition) is 1. The molecular weight excluding hydrogens is 240 g/mol. The van der Waals surface area contributed by atoms with Gasteiger partial charge in [0.05, 0.1) is 24.9 Å². The Hall–Kier alpha value is -1.65. The van der Waals surface area contributed by atoms with E-state index in [-0.39, 0.29) is 5.54 Å². The molecule has 0 aliphatic heterocycles. The number of nitrogens with zero attached hydrogens (tertiary/aromatic N) is 1. The van der Waals surface area contributed by atoms with E-state index in [4.69, 9.17) is 9.15 Å². The first-order chi connectivity index (χ1) is 9.14. The van der Waals surface area contributed by atoms with Gasteiger partial charge in [0.1, 0.15) is 5.76 Å². The fraction of sp³-hybridized carbons (Fsp3) is 0.400. The van der Waals surface area contributed by atoms with Crippen LogP contribution in [-0.2, 0) is 16.8 Å². The minimum atomic E-state index is -0.265. The first-order valence-corrected chi connectivity index (χ1v) is 6.35. The molecule has 4 nitrogen and oxygen atoms in total. The van der Waals surface area contributed by atoms with Crippen LogP contribution in [0.25, 0.3) is 0 Å². The summed E-state index contributed by atoms with van der Waals surface area (Å²) in [5.41, 5.74) is 0.915. The number of rotatable bonds is 6. The van der Waals surface area contributed by atoms with Gasteiger partial charge in [-0.25, -0.2) is 4.98 Å². The highest BCUT2D eigenvalue weighted by Gasteiger charge is 2.26. The molecule has 1 aromatic heterocycles. The Bertz CT molecular complexity index is 510. The van der Waals surface area contributed by atoms with Crippen LogP contribution >= 0.6 is 0 Å². The van der Waals surface area contributed by atoms with Crippen molar-refractivity contribution in [1.82, 2.24) is 10.3 Å². The Morgan fingerprint density at radius 1 is 1.32 bits per heavy atom. The highest BCUT2D eigenvalue weighted by Crippen LogP contribution is 2.21. The van der Waals surface area contributed by atoms with E-state index < -0.39 is 0 Å². The van der Waals surface area contributed by atoms with Crippen LogP contribution in [-0.4, -0.2) is 18.7 Å². The van der Waals surface area contributed by atoms with Crippen molar-refractivity contribution in [2.75, 3.05) is 13.7 Å². The van der Waals surface area contributed by atoms with Gasteiger partial charge in [0.15, 0.2) is 0 Å². The molecule has 1 aromatic carbocycles. The van der Waals surface area contributed by atoms with Gasteiger partial charge in [0.25, 0.3) is 0 Å². The van der Waals surface area contributed by atoms with Gasteiger partial charge in [0.2, 0.25) is 5.89 Å². The third-order valence-corrected chi connectivity index (χ3v) is 3.14. The van der Waals surface area contributed by atoms with Gasteiger partial charge in [-0.1, -0.05) is 30.3 Å². The number of hydrogen-bond acceptors (Lipinski definition) is 4. The average molecular weight is 260 g/mol. The van der Waals surface area contributed by atoms with Crippen molar-refractivity contribution in [2.45, 2.75) is 25.9 Å². The summed E-state index contributed by atoms with van der Waals surface area (Å²) in [5.74, 6) is 1.51. The Kier molecular flexibility index (Phi) is 4.35. The van der Waals surface area contributed by atoms with Crippen molar-refractivity contribution in [3.63, 3.8) is 0 Å². The van der Waals surface area contributed by atoms with Gasteiger partial charge < -0.3 is 9.15 Å². The van der Waals surface area contributed by atoms with Gasteiger partial charge >= 0.3 is 0 Å². The molecule has 0 radical (unpaired) electrons. The molecule has 0 spiro atoms. The second-order valence-electron chi connectivity index (χ2n) is 4.85. The number of ether oxygens (including phenoxy) is 1. The fourth-order valence-electron chi connectivity index (χ4n) is 2.08. The zero-order valence-electron chi connectivity index (χ0n) is 11.6. The molecule has 1 N–H and O–H groups in total. The number of oxazole rings is 1. The number of aromatic nitrogens is 1. The van der Waals surface area contributed by atoms with E-state index in [0.29, 0.717) is 19.0 Å². The van der Waals surface area contributed by atoms with E-state index in [0.717, 1.165) is 5.76 Å². The van der Waals surface area contributed by atoms with E-state index in [1.165, 1.54) is 5.56 Å². The van der Waals surface area contributed by atoms with Gasteiger partial charge in [-0.15, -0.1) is 0 Å². The number of nitrogens with one attached hydrogen (secondary N) is 1. The summed E-state index contributed by atoms with van der Waals surface area (Å²) < 4.78 is 10.8. The monoisotopic (exact) mass is 260 g/mol. The van der Waals surface area contributed by atoms with Crippen LogP contribution in [0.5, 0.6) is 0 Å². The lowest BCUT2D eigenvalue weighted by molar-refractivity contribution is 0.115. The average Bonchev–Trinajstić information content (AvgIpc) is 2.84. The number of aryl methyl sites for hydroxylation is 1. The molecule has 0 saturated heterocycles. The Labute approximate surface area is 113 Å². The maximum absolute atomic E-state index is 5.48. The van der Waals surface area contributed by atoms with Crippen LogP contribution in [0.2, 0.25) is 0 Å². The molecule has 2 rings (SSSR count). The van der Waals surface area contributed by atoms with Crippen LogP contribution < -0.4 is 5.32 Å². The first kappa shape index (κ1) is 13.8. The molecule has 19 heavy (non-hydrogen) atoms. The van der Waals surface area contributed by atoms with Crippen molar-refractivity contribution < 1.29 is 9.15 Å². The van der Waals surface area contributed by atoms with Gasteiger partial charge in [-0.2, -0.15) is 0 Å². The van der Waals surface area contributed by atoms with Crippen LogP contribution in [0.15, 0.2) is 40.9 Å². The maximum Gasteiger partial charge on any atom is 0.208 e. The third kappa shape index (κ3) is 3.43. The zero-order chi connectivity index (χ0) is 13.7. The molecule has 0 bridgehead atoms. The molecular formula is C15H20N2O2. The summed E-state index contributed by atoms with van der Waals surface area (Å²) in [6.45, 7) is 5.16. The van der Waals surface area contributed by atoms with E-state index in [1.54, 1.807) is 13.3 Å². The van der Waals surface area contributed by atoms with Crippen molar-refractivity contribution in [3.05, 3.63) is 53.7 Å². The summed E-state index contributed by atoms with van der Waals surface area (Å²) in [5, 5.41) is 3.46. The van der Waals surface area contributed by atoms with Crippen LogP contribution in [0.4, 0.5) is 0 Å². The predicted octanol–water partition coefficient (Wildman–Crippen LogP) is 2.63. The molecule has 1 heterocycles. The van der Waals surface area contributed by atoms with E-state index in [2.05, 4.69) is 29.4 Å². The third-order valence-electron chi connectivity index (χ3n) is 3.14. The minimum absolute atomic E-state index is 0.265. The zero-order valence-corrected chi connectivity index (χ0v) is 11.6. The highest BCUT2D eigenvalue weighted by molar-refractivity contribution is 5.23. The number of benzene rings is 1. The molecule has 1 unspecified atom stereocenters. The van der Waals surface area contributed by atoms with Gasteiger partial charge in [-0.05, 0) is 19.4 Å². The topological polar surface area (TPSA) is 47.3 Å². The maximum atomic E-state index is 5.48. The molecule has 102 valence electrons. The molecule has 0 aliphatic rings. The van der Waals surface area contributed by atoms with Crippen LogP contribution in [0.3, 0.4) is 0 Å². The lowest BCUT2D eigenvalue weighted by Crippen LogP contribution is -2.43. The largest absolute Gasteiger partial charge is 0.445 e. The number of methoxy groups -OCH3 is 1. The van der Waals surface area contributed by atoms with Crippen molar-refractivity contribution >= 4 is 0 Å². The quantitative estimate of drug-likeness (QED) is 0.867. The molecule has 0 saturated carbocycles. The van der Waals surface area contributed by atoms with Gasteiger partial charge in [0, 0.05) is 7.11 Å². The van der Waals surface area contributed by atoms with E-state index >= 15 is 0 Å². The van der Waals surface area contributed by atoms with E-state index in [9.17, 15) is 0 Å². The highest BCUT2D eigenvalue weighted by atomic mass is 16.5. The summed E-state index contributed by atoms with van der Waals surface area (Å²) >= 11 is 0. The lowest BCUT2D eigenvalue weighted by Gasteiger charge is -2.30. The summed E-state index contributed by atoms with van der Waals surface area (Å²) in [4.78, 5) is 4.20. The second-order valence-corrected chi connectivity index (χ2v) is 4.85. The Morgan fingerprint density at radius 2 is 2.05 bits per heavy atom. The van der Waals surface area contributed by atoms with Gasteiger partial charge in [-0.3, -0.25) is 5.32 Å². The molecule has 1 atom stereocenters. The summed E-state index contributed by atoms with van der Waals surface area (Å²) in [6.07, 6.45) is 1.73. The lowest BCUT2D eigenvalue weighted by atomic mass is 9.93. The SMILES string of the molecule is COCC(C)(NCc1ncc(C)o1)c1ccccc1. The van der Waals surface area contributed by atoms with Crippen molar-refractivity contribution in [1.29, 1.82) is 0 Å². The molecule has 0 amide bonds. The molecule has 2 aromatic rings.